The molecule has 1 spiro atoms. The first-order chi connectivity index (χ1) is 12.7. The van der Waals surface area contributed by atoms with E-state index in [0.29, 0.717) is 17.7 Å². The minimum Gasteiger partial charge on any atom is -0.342 e. The van der Waals surface area contributed by atoms with E-state index in [9.17, 15) is 4.79 Å². The molecule has 26 heavy (non-hydrogen) atoms. The van der Waals surface area contributed by atoms with Crippen LogP contribution in [0.3, 0.4) is 0 Å². The summed E-state index contributed by atoms with van der Waals surface area (Å²) in [5, 5.41) is 1.97. The average Bonchev–Trinajstić information content (AvgIpc) is 3.31. The number of nitrogens with zero attached hydrogens (tertiary/aromatic N) is 3. The fourth-order valence-electron chi connectivity index (χ4n) is 5.74. The molecule has 148 valence electrons. The van der Waals surface area contributed by atoms with Gasteiger partial charge >= 0.3 is 0 Å². The molecule has 4 rings (SSSR count). The lowest BCUT2D eigenvalue weighted by molar-refractivity contribution is -0.138. The molecule has 0 N–H and O–H groups in total. The van der Waals surface area contributed by atoms with Gasteiger partial charge < -0.3 is 9.80 Å². The summed E-state index contributed by atoms with van der Waals surface area (Å²) in [6, 6.07) is 0. The first-order valence-corrected chi connectivity index (χ1v) is 11.1. The van der Waals surface area contributed by atoms with Gasteiger partial charge in [-0.25, -0.2) is 0 Å². The smallest absolute Gasteiger partial charge is 0.223 e. The quantitative estimate of drug-likeness (QED) is 0.752. The van der Waals surface area contributed by atoms with E-state index in [1.807, 2.05) is 5.06 Å². The molecule has 1 unspecified atom stereocenters. The Balaban J connectivity index is 1.25. The van der Waals surface area contributed by atoms with Gasteiger partial charge in [0.25, 0.3) is 0 Å². The molecule has 1 aliphatic carbocycles. The zero-order valence-electron chi connectivity index (χ0n) is 16.5. The maximum atomic E-state index is 12.7. The molecule has 0 radical (unpaired) electrons. The second-order valence-corrected chi connectivity index (χ2v) is 9.27. The molecule has 0 aromatic carbocycles. The number of piperidine rings is 1. The molecule has 3 aliphatic heterocycles. The second kappa shape index (κ2) is 8.57. The monoisotopic (exact) mass is 363 g/mol. The van der Waals surface area contributed by atoms with Crippen LogP contribution < -0.4 is 0 Å². The Labute approximate surface area is 159 Å². The predicted molar refractivity (Wildman–Crippen MR) is 103 cm³/mol. The van der Waals surface area contributed by atoms with Crippen molar-refractivity contribution in [2.24, 2.45) is 11.3 Å². The third kappa shape index (κ3) is 4.60. The van der Waals surface area contributed by atoms with Gasteiger partial charge in [0.2, 0.25) is 5.91 Å². The van der Waals surface area contributed by atoms with Crippen molar-refractivity contribution in [3.8, 4) is 0 Å². The van der Waals surface area contributed by atoms with Crippen LogP contribution in [0.1, 0.15) is 64.2 Å². The van der Waals surface area contributed by atoms with Crippen molar-refractivity contribution in [3.63, 3.8) is 0 Å². The van der Waals surface area contributed by atoms with Crippen LogP contribution in [-0.4, -0.2) is 73.2 Å². The number of carbonyl (C=O) groups excluding carboxylic acids is 1. The average molecular weight is 364 g/mol. The van der Waals surface area contributed by atoms with Gasteiger partial charge in [0.15, 0.2) is 0 Å². The highest BCUT2D eigenvalue weighted by molar-refractivity contribution is 5.76. The van der Waals surface area contributed by atoms with E-state index in [0.717, 1.165) is 45.1 Å². The lowest BCUT2D eigenvalue weighted by Crippen LogP contribution is -2.47. The van der Waals surface area contributed by atoms with Crippen molar-refractivity contribution in [1.82, 2.24) is 14.9 Å². The van der Waals surface area contributed by atoms with Crippen molar-refractivity contribution < 1.29 is 9.63 Å². The lowest BCUT2D eigenvalue weighted by atomic mass is 9.78. The fraction of sp³-hybridized carbons (Fsp3) is 0.952. The van der Waals surface area contributed by atoms with E-state index < -0.39 is 0 Å². The molecule has 4 fully saturated rings. The predicted octanol–water partition coefficient (Wildman–Crippen LogP) is 2.91. The zero-order chi connectivity index (χ0) is 17.8. The van der Waals surface area contributed by atoms with Crippen molar-refractivity contribution in [2.75, 3.05) is 52.4 Å². The SMILES string of the molecule is O=C(CCN1CCCO1)N1CCC2(CCCN(CC3CCCCC3)C2)C1. The van der Waals surface area contributed by atoms with E-state index in [1.165, 1.54) is 71.0 Å². The van der Waals surface area contributed by atoms with E-state index in [-0.39, 0.29) is 0 Å². The van der Waals surface area contributed by atoms with Crippen LogP contribution in [0.5, 0.6) is 0 Å². The Hall–Kier alpha value is -0.650. The molecule has 0 bridgehead atoms. The van der Waals surface area contributed by atoms with Gasteiger partial charge in [-0.15, -0.1) is 0 Å². The minimum atomic E-state index is 0.335. The summed E-state index contributed by atoms with van der Waals surface area (Å²) in [6.45, 7) is 8.33. The Morgan fingerprint density at radius 2 is 1.85 bits per heavy atom. The zero-order valence-corrected chi connectivity index (χ0v) is 16.5. The maximum Gasteiger partial charge on any atom is 0.223 e. The number of amides is 1. The molecule has 1 saturated carbocycles. The summed E-state index contributed by atoms with van der Waals surface area (Å²) in [5.41, 5.74) is 0.382. The third-order valence-electron chi connectivity index (χ3n) is 7.17. The Bertz CT molecular complexity index is 474. The highest BCUT2D eigenvalue weighted by Gasteiger charge is 2.42. The summed E-state index contributed by atoms with van der Waals surface area (Å²) in [7, 11) is 0. The van der Waals surface area contributed by atoms with Crippen LogP contribution >= 0.6 is 0 Å². The molecule has 3 heterocycles. The van der Waals surface area contributed by atoms with Crippen LogP contribution in [0.15, 0.2) is 0 Å². The summed E-state index contributed by atoms with van der Waals surface area (Å²) in [6.07, 6.45) is 12.7. The molecular weight excluding hydrogens is 326 g/mol. The van der Waals surface area contributed by atoms with Crippen LogP contribution in [0.25, 0.3) is 0 Å². The Morgan fingerprint density at radius 3 is 2.65 bits per heavy atom. The van der Waals surface area contributed by atoms with Crippen molar-refractivity contribution >= 4 is 5.91 Å². The first-order valence-electron chi connectivity index (χ1n) is 11.1. The summed E-state index contributed by atoms with van der Waals surface area (Å²) in [4.78, 5) is 23.1. The fourth-order valence-corrected chi connectivity index (χ4v) is 5.74. The van der Waals surface area contributed by atoms with Gasteiger partial charge in [-0.3, -0.25) is 9.63 Å². The number of hydrogen-bond acceptors (Lipinski definition) is 4. The first kappa shape index (κ1) is 18.7. The van der Waals surface area contributed by atoms with Gasteiger partial charge in [0, 0.05) is 51.1 Å². The number of rotatable bonds is 5. The van der Waals surface area contributed by atoms with E-state index >= 15 is 0 Å². The van der Waals surface area contributed by atoms with Crippen molar-refractivity contribution in [1.29, 1.82) is 0 Å². The van der Waals surface area contributed by atoms with Crippen LogP contribution in [0, 0.1) is 11.3 Å². The second-order valence-electron chi connectivity index (χ2n) is 9.27. The van der Waals surface area contributed by atoms with Crippen LogP contribution in [-0.2, 0) is 9.63 Å². The molecule has 0 aromatic rings. The molecule has 5 nitrogen and oxygen atoms in total. The number of likely N-dealkylation sites (tertiary alicyclic amines) is 2. The molecule has 5 heteroatoms. The number of hydrogen-bond donors (Lipinski definition) is 0. The van der Waals surface area contributed by atoms with Crippen molar-refractivity contribution in [2.45, 2.75) is 64.2 Å². The largest absolute Gasteiger partial charge is 0.342 e. The minimum absolute atomic E-state index is 0.335. The third-order valence-corrected chi connectivity index (χ3v) is 7.17. The van der Waals surface area contributed by atoms with Gasteiger partial charge in [0.1, 0.15) is 0 Å². The van der Waals surface area contributed by atoms with Crippen LogP contribution in [0.4, 0.5) is 0 Å². The molecule has 3 saturated heterocycles. The van der Waals surface area contributed by atoms with Gasteiger partial charge in [0.05, 0.1) is 6.61 Å². The summed E-state index contributed by atoms with van der Waals surface area (Å²) >= 11 is 0. The highest BCUT2D eigenvalue weighted by Crippen LogP contribution is 2.40. The topological polar surface area (TPSA) is 36.0 Å². The molecule has 1 atom stereocenters. The molecule has 4 aliphatic rings. The van der Waals surface area contributed by atoms with Crippen molar-refractivity contribution in [3.05, 3.63) is 0 Å². The molecular formula is C21H37N3O2. The number of hydroxylamine groups is 2. The normalized spacial score (nSPS) is 31.9. The van der Waals surface area contributed by atoms with E-state index in [1.54, 1.807) is 0 Å². The maximum absolute atomic E-state index is 12.7. The Kier molecular flexibility index (Phi) is 6.17. The summed E-state index contributed by atoms with van der Waals surface area (Å²) in [5.74, 6) is 1.26. The van der Waals surface area contributed by atoms with E-state index in [2.05, 4.69) is 9.80 Å². The molecule has 1 amide bonds. The number of carbonyl (C=O) groups is 1. The molecule has 0 aromatic heterocycles. The lowest BCUT2D eigenvalue weighted by Gasteiger charge is -2.42. The standard InChI is InChI=1S/C21H37N3O2/c25-20(8-13-24-12-5-15-26-24)23-14-10-21(18-23)9-4-11-22(17-21)16-19-6-2-1-3-7-19/h19H,1-18H2. The van der Waals surface area contributed by atoms with E-state index in [4.69, 9.17) is 4.84 Å². The summed E-state index contributed by atoms with van der Waals surface area (Å²) < 4.78 is 0. The van der Waals surface area contributed by atoms with Gasteiger partial charge in [-0.1, -0.05) is 19.3 Å². The Morgan fingerprint density at radius 1 is 0.962 bits per heavy atom. The van der Waals surface area contributed by atoms with Gasteiger partial charge in [-0.2, -0.15) is 5.06 Å². The highest BCUT2D eigenvalue weighted by atomic mass is 16.7. The van der Waals surface area contributed by atoms with Gasteiger partial charge in [-0.05, 0) is 51.0 Å². The van der Waals surface area contributed by atoms with Crippen LogP contribution in [0.2, 0.25) is 0 Å².